The minimum atomic E-state index is -0.132. The number of nitrogens with one attached hydrogen (secondary N) is 3. The van der Waals surface area contributed by atoms with Crippen molar-refractivity contribution < 1.29 is 14.5 Å². The molecule has 0 saturated carbocycles. The molecule has 0 saturated heterocycles. The molecule has 1 aromatic carbocycles. The van der Waals surface area contributed by atoms with Crippen molar-refractivity contribution in [1.82, 2.24) is 5.32 Å². The third-order valence-electron chi connectivity index (χ3n) is 3.66. The van der Waals surface area contributed by atoms with E-state index >= 15 is 0 Å². The summed E-state index contributed by atoms with van der Waals surface area (Å²) >= 11 is 1.71. The molecule has 5 nitrogen and oxygen atoms in total. The van der Waals surface area contributed by atoms with Crippen LogP contribution in [0, 0.1) is 0 Å². The first kappa shape index (κ1) is 18.2. The maximum absolute atomic E-state index is 12.3. The fourth-order valence-electron chi connectivity index (χ4n) is 2.41. The Morgan fingerprint density at radius 3 is 2.67 bits per heavy atom. The van der Waals surface area contributed by atoms with E-state index in [9.17, 15) is 9.59 Å². The second-order valence-corrected chi connectivity index (χ2v) is 6.56. The lowest BCUT2D eigenvalue weighted by Gasteiger charge is -2.16. The van der Waals surface area contributed by atoms with Crippen LogP contribution >= 0.6 is 11.3 Å². The van der Waals surface area contributed by atoms with E-state index in [1.54, 1.807) is 35.6 Å². The molecule has 0 aliphatic carbocycles. The van der Waals surface area contributed by atoms with Crippen molar-refractivity contribution in [3.05, 3.63) is 52.2 Å². The number of quaternary nitrogens is 1. The van der Waals surface area contributed by atoms with Gasteiger partial charge in [0.15, 0.2) is 6.54 Å². The number of carbonyl (C=O) groups is 2. The van der Waals surface area contributed by atoms with Crippen molar-refractivity contribution in [2.45, 2.75) is 20.4 Å². The zero-order valence-electron chi connectivity index (χ0n) is 14.1. The lowest BCUT2D eigenvalue weighted by molar-refractivity contribution is -0.903. The van der Waals surface area contributed by atoms with E-state index < -0.39 is 0 Å². The van der Waals surface area contributed by atoms with Crippen molar-refractivity contribution in [3.63, 3.8) is 0 Å². The van der Waals surface area contributed by atoms with Crippen LogP contribution in [0.5, 0.6) is 0 Å². The number of likely N-dealkylation sites (N-methyl/N-ethyl adjacent to an activating group) is 1. The number of benzene rings is 1. The van der Waals surface area contributed by atoms with Gasteiger partial charge in [-0.15, -0.1) is 11.3 Å². The summed E-state index contributed by atoms with van der Waals surface area (Å²) in [6.07, 6.45) is 0. The highest BCUT2D eigenvalue weighted by molar-refractivity contribution is 7.09. The van der Waals surface area contributed by atoms with Crippen LogP contribution in [0.15, 0.2) is 41.8 Å². The molecule has 3 N–H and O–H groups in total. The number of hydrogen-bond donors (Lipinski definition) is 3. The normalized spacial score (nSPS) is 11.8. The van der Waals surface area contributed by atoms with Crippen LogP contribution in [0.4, 0.5) is 5.69 Å². The summed E-state index contributed by atoms with van der Waals surface area (Å²) in [6.45, 7) is 6.66. The molecule has 0 radical (unpaired) electrons. The highest BCUT2D eigenvalue weighted by atomic mass is 32.1. The van der Waals surface area contributed by atoms with Gasteiger partial charge in [-0.25, -0.2) is 0 Å². The molecule has 24 heavy (non-hydrogen) atoms. The lowest BCUT2D eigenvalue weighted by Crippen LogP contribution is -3.11. The first-order valence-electron chi connectivity index (χ1n) is 8.16. The Morgan fingerprint density at radius 1 is 1.17 bits per heavy atom. The first-order valence-corrected chi connectivity index (χ1v) is 9.04. The van der Waals surface area contributed by atoms with Gasteiger partial charge in [-0.3, -0.25) is 9.59 Å². The molecule has 128 valence electrons. The minimum absolute atomic E-state index is 0.0449. The largest absolute Gasteiger partial charge is 0.352 e. The smallest absolute Gasteiger partial charge is 0.279 e. The standard InChI is InChI=1S/C18H23N3O2S/c1-3-19-18(23)14-7-5-8-15(11-14)20-17(22)13-21(4-2)12-16-9-6-10-24-16/h5-11H,3-4,12-13H2,1-2H3,(H,19,23)(H,20,22)/p+1. The molecule has 0 aliphatic heterocycles. The van der Waals surface area contributed by atoms with Crippen LogP contribution in [0.25, 0.3) is 0 Å². The summed E-state index contributed by atoms with van der Waals surface area (Å²) in [7, 11) is 0. The van der Waals surface area contributed by atoms with Gasteiger partial charge >= 0.3 is 0 Å². The summed E-state index contributed by atoms with van der Waals surface area (Å²) in [5.41, 5.74) is 1.20. The van der Waals surface area contributed by atoms with E-state index in [0.717, 1.165) is 13.1 Å². The van der Waals surface area contributed by atoms with E-state index in [-0.39, 0.29) is 11.8 Å². The van der Waals surface area contributed by atoms with Gasteiger partial charge in [0.2, 0.25) is 0 Å². The summed E-state index contributed by atoms with van der Waals surface area (Å²) in [5, 5.41) is 7.69. The van der Waals surface area contributed by atoms with Gasteiger partial charge in [-0.1, -0.05) is 12.1 Å². The average Bonchev–Trinajstić information content (AvgIpc) is 3.07. The molecule has 1 atom stereocenters. The van der Waals surface area contributed by atoms with Crippen LogP contribution in [0.1, 0.15) is 29.1 Å². The highest BCUT2D eigenvalue weighted by Gasteiger charge is 2.14. The molecule has 0 spiro atoms. The Morgan fingerprint density at radius 2 is 2.00 bits per heavy atom. The zero-order valence-corrected chi connectivity index (χ0v) is 14.9. The molecule has 6 heteroatoms. The van der Waals surface area contributed by atoms with Gasteiger partial charge in [0, 0.05) is 17.8 Å². The van der Waals surface area contributed by atoms with Crippen molar-refractivity contribution >= 4 is 28.8 Å². The predicted molar refractivity (Wildman–Crippen MR) is 97.5 cm³/mol. The summed E-state index contributed by atoms with van der Waals surface area (Å²) in [4.78, 5) is 26.6. The third kappa shape index (κ3) is 5.47. The maximum Gasteiger partial charge on any atom is 0.279 e. The fraction of sp³-hybridized carbons (Fsp3) is 0.333. The van der Waals surface area contributed by atoms with E-state index in [1.165, 1.54) is 9.78 Å². The average molecular weight is 346 g/mol. The van der Waals surface area contributed by atoms with Crippen LogP contribution in [-0.2, 0) is 11.3 Å². The van der Waals surface area contributed by atoms with Gasteiger partial charge in [0.1, 0.15) is 6.54 Å². The Balaban J connectivity index is 1.93. The molecule has 0 fully saturated rings. The quantitative estimate of drug-likeness (QED) is 0.679. The number of hydrogen-bond acceptors (Lipinski definition) is 3. The SMILES string of the molecule is CCNC(=O)c1cccc(NC(=O)C[NH+](CC)Cc2cccs2)c1. The summed E-state index contributed by atoms with van der Waals surface area (Å²) in [6, 6.07) is 11.1. The molecule has 2 rings (SSSR count). The number of rotatable bonds is 8. The molecule has 1 unspecified atom stereocenters. The van der Waals surface area contributed by atoms with E-state index in [0.29, 0.717) is 24.3 Å². The number of carbonyl (C=O) groups excluding carboxylic acids is 2. The third-order valence-corrected chi connectivity index (χ3v) is 4.54. The van der Waals surface area contributed by atoms with E-state index in [4.69, 9.17) is 0 Å². The Hall–Kier alpha value is -2.18. The molecule has 2 aromatic rings. The number of anilines is 1. The maximum atomic E-state index is 12.3. The zero-order chi connectivity index (χ0) is 17.4. The molecular formula is C18H24N3O2S+. The second-order valence-electron chi connectivity index (χ2n) is 5.52. The van der Waals surface area contributed by atoms with Gasteiger partial charge in [-0.2, -0.15) is 0 Å². The first-order chi connectivity index (χ1) is 11.6. The lowest BCUT2D eigenvalue weighted by atomic mass is 10.2. The van der Waals surface area contributed by atoms with Gasteiger partial charge in [-0.05, 0) is 43.5 Å². The van der Waals surface area contributed by atoms with E-state index in [1.807, 2.05) is 13.0 Å². The summed E-state index contributed by atoms with van der Waals surface area (Å²) < 4.78 is 0. The van der Waals surface area contributed by atoms with Crippen molar-refractivity contribution in [1.29, 1.82) is 0 Å². The molecule has 1 aromatic heterocycles. The van der Waals surface area contributed by atoms with Crippen LogP contribution in [0.2, 0.25) is 0 Å². The van der Waals surface area contributed by atoms with Crippen molar-refractivity contribution in [2.24, 2.45) is 0 Å². The Kier molecular flexibility index (Phi) is 6.96. The van der Waals surface area contributed by atoms with Gasteiger partial charge < -0.3 is 15.5 Å². The van der Waals surface area contributed by atoms with Crippen molar-refractivity contribution in [3.8, 4) is 0 Å². The minimum Gasteiger partial charge on any atom is -0.352 e. The van der Waals surface area contributed by atoms with E-state index in [2.05, 4.69) is 29.0 Å². The molecule has 0 aliphatic rings. The molecular weight excluding hydrogens is 322 g/mol. The summed E-state index contributed by atoms with van der Waals surface area (Å²) in [5.74, 6) is -0.177. The highest BCUT2D eigenvalue weighted by Crippen LogP contribution is 2.10. The Bertz CT molecular complexity index is 671. The van der Waals surface area contributed by atoms with Crippen LogP contribution < -0.4 is 15.5 Å². The molecule has 2 amide bonds. The van der Waals surface area contributed by atoms with Crippen molar-refractivity contribution in [2.75, 3.05) is 25.0 Å². The topological polar surface area (TPSA) is 62.6 Å². The van der Waals surface area contributed by atoms with Gasteiger partial charge in [0.25, 0.3) is 11.8 Å². The molecule has 1 heterocycles. The number of thiophene rings is 1. The monoisotopic (exact) mass is 346 g/mol. The van der Waals surface area contributed by atoms with Gasteiger partial charge in [0.05, 0.1) is 11.4 Å². The fourth-order valence-corrected chi connectivity index (χ4v) is 3.18. The van der Waals surface area contributed by atoms with Crippen LogP contribution in [-0.4, -0.2) is 31.4 Å². The van der Waals surface area contributed by atoms with Crippen LogP contribution in [0.3, 0.4) is 0 Å². The predicted octanol–water partition coefficient (Wildman–Crippen LogP) is 1.54. The second kappa shape index (κ2) is 9.20. The molecule has 0 bridgehead atoms. The number of amides is 2. The Labute approximate surface area is 146 Å².